The molecule has 148 valence electrons. The minimum absolute atomic E-state index is 0.0263. The van der Waals surface area contributed by atoms with Crippen molar-refractivity contribution in [2.75, 3.05) is 27.3 Å². The van der Waals surface area contributed by atoms with Crippen molar-refractivity contribution < 1.29 is 24.3 Å². The Morgan fingerprint density at radius 3 is 2.57 bits per heavy atom. The van der Waals surface area contributed by atoms with Gasteiger partial charge in [-0.15, -0.1) is 0 Å². The third kappa shape index (κ3) is 6.40. The van der Waals surface area contributed by atoms with Crippen LogP contribution in [0.25, 0.3) is 6.08 Å². The van der Waals surface area contributed by atoms with Crippen LogP contribution >= 0.6 is 0 Å². The van der Waals surface area contributed by atoms with Crippen molar-refractivity contribution in [3.63, 3.8) is 0 Å². The van der Waals surface area contributed by atoms with Gasteiger partial charge in [-0.1, -0.05) is 12.1 Å². The number of non-ortho nitro benzene ring substituents is 1. The summed E-state index contributed by atoms with van der Waals surface area (Å²) in [5, 5.41) is 20.8. The molecule has 28 heavy (non-hydrogen) atoms. The fraction of sp³-hybridized carbons (Fsp3) is 0.250. The van der Waals surface area contributed by atoms with Gasteiger partial charge in [0.25, 0.3) is 5.69 Å². The Labute approximate surface area is 162 Å². The highest BCUT2D eigenvalue weighted by Gasteiger charge is 2.13. The van der Waals surface area contributed by atoms with E-state index >= 15 is 0 Å². The second kappa shape index (κ2) is 10.1. The molecule has 0 heterocycles. The molecule has 1 N–H and O–H groups in total. The molecule has 1 amide bonds. The smallest absolute Gasteiger partial charge is 0.270 e. The lowest BCUT2D eigenvalue weighted by Gasteiger charge is -2.20. The number of rotatable bonds is 9. The summed E-state index contributed by atoms with van der Waals surface area (Å²) in [6.45, 7) is 0.104. The lowest BCUT2D eigenvalue weighted by Crippen LogP contribution is -2.36. The summed E-state index contributed by atoms with van der Waals surface area (Å²) >= 11 is 0. The standard InChI is InChI=1S/C20H22N2O6/c1-21(13-17(23)14-28-19-9-7-18(27-2)8-10-19)20(24)11-6-15-4-3-5-16(12-15)22(25)26/h3-12,17,23H,13-14H2,1-2H3/b11-6+/t17-/m1/s1. The zero-order chi connectivity index (χ0) is 20.5. The van der Waals surface area contributed by atoms with Gasteiger partial charge in [0.2, 0.25) is 5.91 Å². The molecule has 0 fully saturated rings. The lowest BCUT2D eigenvalue weighted by atomic mass is 10.2. The topological polar surface area (TPSA) is 102 Å². The van der Waals surface area contributed by atoms with E-state index in [2.05, 4.69) is 0 Å². The molecule has 2 aromatic rings. The Morgan fingerprint density at radius 1 is 1.25 bits per heavy atom. The number of benzene rings is 2. The van der Waals surface area contributed by atoms with E-state index < -0.39 is 11.0 Å². The van der Waals surface area contributed by atoms with Crippen LogP contribution in [-0.2, 0) is 4.79 Å². The maximum atomic E-state index is 12.2. The van der Waals surface area contributed by atoms with Crippen molar-refractivity contribution in [2.45, 2.75) is 6.10 Å². The third-order valence-electron chi connectivity index (χ3n) is 3.86. The van der Waals surface area contributed by atoms with Crippen LogP contribution in [0.1, 0.15) is 5.56 Å². The number of nitrogens with zero attached hydrogens (tertiary/aromatic N) is 2. The van der Waals surface area contributed by atoms with E-state index in [0.29, 0.717) is 17.1 Å². The Morgan fingerprint density at radius 2 is 1.93 bits per heavy atom. The van der Waals surface area contributed by atoms with Crippen LogP contribution in [0.4, 0.5) is 5.69 Å². The van der Waals surface area contributed by atoms with Crippen LogP contribution in [0.3, 0.4) is 0 Å². The molecule has 0 saturated carbocycles. The molecule has 0 aliphatic rings. The first kappa shape index (κ1) is 20.9. The molecule has 2 rings (SSSR count). The van der Waals surface area contributed by atoms with Gasteiger partial charge in [-0.2, -0.15) is 0 Å². The van der Waals surface area contributed by atoms with E-state index in [1.807, 2.05) is 0 Å². The number of hydrogen-bond acceptors (Lipinski definition) is 6. The largest absolute Gasteiger partial charge is 0.497 e. The molecule has 0 bridgehead atoms. The van der Waals surface area contributed by atoms with Gasteiger partial charge >= 0.3 is 0 Å². The molecule has 0 unspecified atom stereocenters. The normalized spacial score (nSPS) is 11.8. The SMILES string of the molecule is COc1ccc(OC[C@H](O)CN(C)C(=O)/C=C/c2cccc([N+](=O)[O-])c2)cc1. The quantitative estimate of drug-likeness (QED) is 0.404. The van der Waals surface area contributed by atoms with Crippen molar-refractivity contribution in [1.82, 2.24) is 4.90 Å². The number of amides is 1. The average Bonchev–Trinajstić information content (AvgIpc) is 2.71. The van der Waals surface area contributed by atoms with Crippen molar-refractivity contribution in [1.29, 1.82) is 0 Å². The maximum Gasteiger partial charge on any atom is 0.270 e. The summed E-state index contributed by atoms with van der Waals surface area (Å²) in [7, 11) is 3.12. The number of methoxy groups -OCH3 is 1. The summed E-state index contributed by atoms with van der Waals surface area (Å²) < 4.78 is 10.5. The van der Waals surface area contributed by atoms with Crippen molar-refractivity contribution in [3.05, 3.63) is 70.3 Å². The van der Waals surface area contributed by atoms with Gasteiger partial charge < -0.3 is 19.5 Å². The first-order chi connectivity index (χ1) is 13.4. The number of aliphatic hydroxyl groups excluding tert-OH is 1. The molecular formula is C20H22N2O6. The number of carbonyl (C=O) groups is 1. The number of hydrogen-bond donors (Lipinski definition) is 1. The van der Waals surface area contributed by atoms with E-state index in [1.165, 1.54) is 29.2 Å². The molecule has 0 radical (unpaired) electrons. The van der Waals surface area contributed by atoms with Crippen molar-refractivity contribution in [3.8, 4) is 11.5 Å². The van der Waals surface area contributed by atoms with Gasteiger partial charge in [0, 0.05) is 31.8 Å². The molecule has 8 heteroatoms. The van der Waals surface area contributed by atoms with Crippen LogP contribution in [0.5, 0.6) is 11.5 Å². The third-order valence-corrected chi connectivity index (χ3v) is 3.86. The first-order valence-corrected chi connectivity index (χ1v) is 8.51. The van der Waals surface area contributed by atoms with E-state index in [0.717, 1.165) is 0 Å². The van der Waals surface area contributed by atoms with Crippen LogP contribution in [0.2, 0.25) is 0 Å². The van der Waals surface area contributed by atoms with Gasteiger partial charge in [-0.3, -0.25) is 14.9 Å². The summed E-state index contributed by atoms with van der Waals surface area (Å²) in [6, 6.07) is 12.9. The fourth-order valence-corrected chi connectivity index (χ4v) is 2.36. The summed E-state index contributed by atoms with van der Waals surface area (Å²) in [5.74, 6) is 0.947. The van der Waals surface area contributed by atoms with Gasteiger partial charge in [0.15, 0.2) is 0 Å². The van der Waals surface area contributed by atoms with E-state index in [4.69, 9.17) is 9.47 Å². The Balaban J connectivity index is 1.83. The number of aliphatic hydroxyl groups is 1. The molecular weight excluding hydrogens is 364 g/mol. The number of nitro groups is 1. The zero-order valence-corrected chi connectivity index (χ0v) is 15.6. The number of ether oxygens (including phenoxy) is 2. The molecule has 0 aliphatic heterocycles. The average molecular weight is 386 g/mol. The predicted octanol–water partition coefficient (Wildman–Crippen LogP) is 2.51. The molecule has 1 atom stereocenters. The second-order valence-corrected chi connectivity index (χ2v) is 6.04. The van der Waals surface area contributed by atoms with Crippen LogP contribution in [0.15, 0.2) is 54.6 Å². The minimum Gasteiger partial charge on any atom is -0.497 e. The second-order valence-electron chi connectivity index (χ2n) is 6.04. The Hall–Kier alpha value is -3.39. The highest BCUT2D eigenvalue weighted by atomic mass is 16.6. The first-order valence-electron chi connectivity index (χ1n) is 8.51. The maximum absolute atomic E-state index is 12.2. The summed E-state index contributed by atoms with van der Waals surface area (Å²) in [6.07, 6.45) is 1.92. The molecule has 0 aromatic heterocycles. The fourth-order valence-electron chi connectivity index (χ4n) is 2.36. The molecule has 8 nitrogen and oxygen atoms in total. The predicted molar refractivity (Wildman–Crippen MR) is 104 cm³/mol. The summed E-state index contributed by atoms with van der Waals surface area (Å²) in [5.41, 5.74) is 0.494. The van der Waals surface area contributed by atoms with Crippen LogP contribution < -0.4 is 9.47 Å². The molecule has 0 aliphatic carbocycles. The van der Waals surface area contributed by atoms with Crippen molar-refractivity contribution in [2.24, 2.45) is 0 Å². The summed E-state index contributed by atoms with van der Waals surface area (Å²) in [4.78, 5) is 23.8. The van der Waals surface area contributed by atoms with Gasteiger partial charge in [-0.05, 0) is 35.9 Å². The number of nitro benzene ring substituents is 1. The highest BCUT2D eigenvalue weighted by molar-refractivity contribution is 5.91. The Bertz CT molecular complexity index is 835. The zero-order valence-electron chi connectivity index (χ0n) is 15.6. The Kier molecular flexibility index (Phi) is 7.53. The van der Waals surface area contributed by atoms with Crippen molar-refractivity contribution >= 4 is 17.7 Å². The van der Waals surface area contributed by atoms with E-state index in [-0.39, 0.29) is 24.7 Å². The number of likely N-dealkylation sites (N-methyl/N-ethyl adjacent to an activating group) is 1. The van der Waals surface area contributed by atoms with E-state index in [1.54, 1.807) is 50.6 Å². The minimum atomic E-state index is -0.873. The number of carbonyl (C=O) groups excluding carboxylic acids is 1. The monoisotopic (exact) mass is 386 g/mol. The van der Waals surface area contributed by atoms with E-state index in [9.17, 15) is 20.0 Å². The highest BCUT2D eigenvalue weighted by Crippen LogP contribution is 2.17. The van der Waals surface area contributed by atoms with Crippen LogP contribution in [0, 0.1) is 10.1 Å². The van der Waals surface area contributed by atoms with Gasteiger partial charge in [0.05, 0.1) is 12.0 Å². The van der Waals surface area contributed by atoms with Gasteiger partial charge in [0.1, 0.15) is 24.2 Å². The molecule has 2 aromatic carbocycles. The van der Waals surface area contributed by atoms with Crippen LogP contribution in [-0.4, -0.2) is 54.3 Å². The molecule has 0 spiro atoms. The van der Waals surface area contributed by atoms with Gasteiger partial charge in [-0.25, -0.2) is 0 Å². The lowest BCUT2D eigenvalue weighted by molar-refractivity contribution is -0.384. The molecule has 0 saturated heterocycles.